The molecule has 0 aromatic heterocycles. The minimum atomic E-state index is 0.0174. The first kappa shape index (κ1) is 7.56. The molecule has 2 heteroatoms. The summed E-state index contributed by atoms with van der Waals surface area (Å²) in [7, 11) is 0. The maximum Gasteiger partial charge on any atom is 0.0943 e. The zero-order chi connectivity index (χ0) is 8.11. The Labute approximate surface area is 67.9 Å². The Morgan fingerprint density at radius 3 is 2.64 bits per heavy atom. The molecule has 2 atom stereocenters. The fourth-order valence-corrected chi connectivity index (χ4v) is 2.31. The fourth-order valence-electron chi connectivity index (χ4n) is 2.31. The molecule has 0 aliphatic carbocycles. The SMILES string of the molecule is CC1(C)CO[C@]2(C)CCO[C@H]12. The van der Waals surface area contributed by atoms with Gasteiger partial charge in [0.25, 0.3) is 0 Å². The van der Waals surface area contributed by atoms with E-state index in [1.54, 1.807) is 0 Å². The minimum Gasteiger partial charge on any atom is -0.374 e. The smallest absolute Gasteiger partial charge is 0.0943 e. The van der Waals surface area contributed by atoms with E-state index in [4.69, 9.17) is 9.47 Å². The summed E-state index contributed by atoms with van der Waals surface area (Å²) in [6.45, 7) is 8.31. The van der Waals surface area contributed by atoms with E-state index in [2.05, 4.69) is 20.8 Å². The first-order valence-corrected chi connectivity index (χ1v) is 4.30. The molecular formula is C9H16O2. The maximum atomic E-state index is 5.75. The van der Waals surface area contributed by atoms with Gasteiger partial charge in [-0.15, -0.1) is 0 Å². The summed E-state index contributed by atoms with van der Waals surface area (Å²) in [6, 6.07) is 0. The van der Waals surface area contributed by atoms with Crippen molar-refractivity contribution in [3.8, 4) is 0 Å². The second-order valence-electron chi connectivity index (χ2n) is 4.59. The summed E-state index contributed by atoms with van der Waals surface area (Å²) >= 11 is 0. The lowest BCUT2D eigenvalue weighted by Gasteiger charge is -2.27. The van der Waals surface area contributed by atoms with Crippen molar-refractivity contribution >= 4 is 0 Å². The Bertz CT molecular complexity index is 176. The Hall–Kier alpha value is -0.0800. The highest BCUT2D eigenvalue weighted by Gasteiger charge is 2.54. The third kappa shape index (κ3) is 0.926. The third-order valence-electron chi connectivity index (χ3n) is 2.92. The highest BCUT2D eigenvalue weighted by atomic mass is 16.6. The molecule has 0 aromatic carbocycles. The molecule has 2 aliphatic heterocycles. The predicted octanol–water partition coefficient (Wildman–Crippen LogP) is 1.59. The van der Waals surface area contributed by atoms with Gasteiger partial charge in [0.15, 0.2) is 0 Å². The van der Waals surface area contributed by atoms with Crippen LogP contribution in [0.25, 0.3) is 0 Å². The van der Waals surface area contributed by atoms with Crippen LogP contribution in [-0.2, 0) is 9.47 Å². The zero-order valence-electron chi connectivity index (χ0n) is 7.52. The van der Waals surface area contributed by atoms with Crippen LogP contribution >= 0.6 is 0 Å². The molecular weight excluding hydrogens is 140 g/mol. The number of rotatable bonds is 0. The van der Waals surface area contributed by atoms with E-state index in [1.807, 2.05) is 0 Å². The van der Waals surface area contributed by atoms with Crippen molar-refractivity contribution in [3.05, 3.63) is 0 Å². The van der Waals surface area contributed by atoms with Crippen molar-refractivity contribution in [1.29, 1.82) is 0 Å². The van der Waals surface area contributed by atoms with Crippen molar-refractivity contribution < 1.29 is 9.47 Å². The van der Waals surface area contributed by atoms with Crippen LogP contribution in [0.5, 0.6) is 0 Å². The quantitative estimate of drug-likeness (QED) is 0.530. The topological polar surface area (TPSA) is 18.5 Å². The summed E-state index contributed by atoms with van der Waals surface area (Å²) in [5, 5.41) is 0. The summed E-state index contributed by atoms with van der Waals surface area (Å²) in [4.78, 5) is 0. The fraction of sp³-hybridized carbons (Fsp3) is 1.00. The molecule has 2 saturated heterocycles. The van der Waals surface area contributed by atoms with E-state index in [0.29, 0.717) is 6.10 Å². The molecule has 2 nitrogen and oxygen atoms in total. The molecule has 2 rings (SSSR count). The van der Waals surface area contributed by atoms with E-state index in [0.717, 1.165) is 19.6 Å². The molecule has 0 bridgehead atoms. The van der Waals surface area contributed by atoms with Gasteiger partial charge in [0.2, 0.25) is 0 Å². The third-order valence-corrected chi connectivity index (χ3v) is 2.92. The van der Waals surface area contributed by atoms with Crippen LogP contribution in [-0.4, -0.2) is 24.9 Å². The molecule has 2 aliphatic rings. The summed E-state index contributed by atoms with van der Waals surface area (Å²) in [5.74, 6) is 0. The molecule has 0 radical (unpaired) electrons. The lowest BCUT2D eigenvalue weighted by atomic mass is 9.82. The molecule has 2 heterocycles. The van der Waals surface area contributed by atoms with Gasteiger partial charge in [0.05, 0.1) is 18.3 Å². The molecule has 0 amide bonds. The first-order valence-electron chi connectivity index (χ1n) is 4.30. The van der Waals surface area contributed by atoms with Gasteiger partial charge in [-0.05, 0) is 6.92 Å². The molecule has 0 saturated carbocycles. The van der Waals surface area contributed by atoms with Gasteiger partial charge in [-0.1, -0.05) is 13.8 Å². The number of ether oxygens (including phenoxy) is 2. The molecule has 2 fully saturated rings. The van der Waals surface area contributed by atoms with Crippen molar-refractivity contribution in [1.82, 2.24) is 0 Å². The second kappa shape index (κ2) is 1.99. The van der Waals surface area contributed by atoms with Crippen molar-refractivity contribution in [3.63, 3.8) is 0 Å². The lowest BCUT2D eigenvalue weighted by molar-refractivity contribution is -0.0115. The first-order chi connectivity index (χ1) is 5.05. The number of fused-ring (bicyclic) bond motifs is 1. The van der Waals surface area contributed by atoms with E-state index >= 15 is 0 Å². The molecule has 0 N–H and O–H groups in total. The van der Waals surface area contributed by atoms with Gasteiger partial charge < -0.3 is 9.47 Å². The van der Waals surface area contributed by atoms with Gasteiger partial charge in [0, 0.05) is 18.4 Å². The minimum absolute atomic E-state index is 0.0174. The standard InChI is InChI=1S/C9H16O2/c1-8(2)6-11-9(3)4-5-10-7(8)9/h7H,4-6H2,1-3H3/t7-,9-/m1/s1. The van der Waals surface area contributed by atoms with Crippen LogP contribution in [0, 0.1) is 5.41 Å². The normalized spacial score (nSPS) is 47.7. The van der Waals surface area contributed by atoms with Crippen LogP contribution in [0.4, 0.5) is 0 Å². The van der Waals surface area contributed by atoms with Crippen LogP contribution in [0.15, 0.2) is 0 Å². The molecule has 0 aromatic rings. The van der Waals surface area contributed by atoms with Gasteiger partial charge in [0.1, 0.15) is 0 Å². The largest absolute Gasteiger partial charge is 0.374 e. The number of hydrogen-bond donors (Lipinski definition) is 0. The van der Waals surface area contributed by atoms with E-state index in [-0.39, 0.29) is 11.0 Å². The van der Waals surface area contributed by atoms with Gasteiger partial charge >= 0.3 is 0 Å². The average Bonchev–Trinajstić information content (AvgIpc) is 2.36. The summed E-state index contributed by atoms with van der Waals surface area (Å²) in [5.41, 5.74) is 0.231. The Morgan fingerprint density at radius 1 is 1.27 bits per heavy atom. The van der Waals surface area contributed by atoms with E-state index in [9.17, 15) is 0 Å². The van der Waals surface area contributed by atoms with Crippen molar-refractivity contribution in [2.45, 2.75) is 38.9 Å². The van der Waals surface area contributed by atoms with E-state index < -0.39 is 0 Å². The maximum absolute atomic E-state index is 5.75. The summed E-state index contributed by atoms with van der Waals surface area (Å²) in [6.07, 6.45) is 1.37. The predicted molar refractivity (Wildman–Crippen MR) is 42.5 cm³/mol. The van der Waals surface area contributed by atoms with E-state index in [1.165, 1.54) is 0 Å². The van der Waals surface area contributed by atoms with Crippen molar-refractivity contribution in [2.24, 2.45) is 5.41 Å². The summed E-state index contributed by atoms with van der Waals surface area (Å²) < 4.78 is 11.4. The van der Waals surface area contributed by atoms with Crippen LogP contribution in [0.1, 0.15) is 27.2 Å². The lowest BCUT2D eigenvalue weighted by Crippen LogP contribution is -2.37. The second-order valence-corrected chi connectivity index (χ2v) is 4.59. The Balaban J connectivity index is 2.26. The zero-order valence-corrected chi connectivity index (χ0v) is 7.52. The number of hydrogen-bond acceptors (Lipinski definition) is 2. The van der Waals surface area contributed by atoms with Gasteiger partial charge in [-0.25, -0.2) is 0 Å². The molecule has 0 unspecified atom stereocenters. The Kier molecular flexibility index (Phi) is 1.37. The van der Waals surface area contributed by atoms with Gasteiger partial charge in [-0.3, -0.25) is 0 Å². The van der Waals surface area contributed by atoms with Crippen LogP contribution < -0.4 is 0 Å². The van der Waals surface area contributed by atoms with Gasteiger partial charge in [-0.2, -0.15) is 0 Å². The van der Waals surface area contributed by atoms with Crippen LogP contribution in [0.3, 0.4) is 0 Å². The molecule has 64 valence electrons. The monoisotopic (exact) mass is 156 g/mol. The molecule has 0 spiro atoms. The van der Waals surface area contributed by atoms with Crippen molar-refractivity contribution in [2.75, 3.05) is 13.2 Å². The highest BCUT2D eigenvalue weighted by Crippen LogP contribution is 2.46. The van der Waals surface area contributed by atoms with Crippen LogP contribution in [0.2, 0.25) is 0 Å². The molecule has 11 heavy (non-hydrogen) atoms. The Morgan fingerprint density at radius 2 is 2.00 bits per heavy atom. The highest BCUT2D eigenvalue weighted by molar-refractivity contribution is 5.03. The average molecular weight is 156 g/mol.